The number of furan rings is 1. The van der Waals surface area contributed by atoms with Crippen molar-refractivity contribution in [2.24, 2.45) is 0 Å². The van der Waals surface area contributed by atoms with E-state index in [1.807, 2.05) is 163 Å². The summed E-state index contributed by atoms with van der Waals surface area (Å²) in [5.74, 6) is -0.672. The SMILES string of the molecule is Fc1c(-c2ccccc2)cc(-c2ccccc2)cc1N(c1ccc2c(c1)oc1c3ccc(N(c4cc(-c5ccccc5)cc(-c5ccccc5)c4F)c4cccc5ccccc45)cc3c3ccccc3c21)c1cccc2ccccc12. The van der Waals surface area contributed by atoms with Crippen LogP contribution in [-0.2, 0) is 0 Å². The Kier molecular flexibility index (Phi) is 11.6. The molecule has 5 heteroatoms. The molecule has 0 aliphatic heterocycles. The van der Waals surface area contributed by atoms with Gasteiger partial charge in [-0.25, -0.2) is 8.78 Å². The number of anilines is 6. The molecule has 382 valence electrons. The molecule has 0 radical (unpaired) electrons. The Morgan fingerprint density at radius 3 is 1.17 bits per heavy atom. The van der Waals surface area contributed by atoms with Crippen LogP contribution in [0, 0.1) is 11.6 Å². The Balaban J connectivity index is 0.964. The Morgan fingerprint density at radius 2 is 0.667 bits per heavy atom. The number of hydrogen-bond acceptors (Lipinski definition) is 3. The number of nitrogens with zero attached hydrogens (tertiary/aromatic N) is 2. The van der Waals surface area contributed by atoms with Crippen LogP contribution in [0.4, 0.5) is 42.9 Å². The van der Waals surface area contributed by atoms with E-state index in [1.54, 1.807) is 0 Å². The van der Waals surface area contributed by atoms with Gasteiger partial charge in [-0.15, -0.1) is 0 Å². The highest BCUT2D eigenvalue weighted by Crippen LogP contribution is 2.50. The van der Waals surface area contributed by atoms with Crippen molar-refractivity contribution >= 4 is 99.2 Å². The van der Waals surface area contributed by atoms with Crippen LogP contribution in [0.5, 0.6) is 0 Å². The van der Waals surface area contributed by atoms with E-state index in [4.69, 9.17) is 4.42 Å². The van der Waals surface area contributed by atoms with Crippen molar-refractivity contribution in [1.29, 1.82) is 0 Å². The topological polar surface area (TPSA) is 19.6 Å². The van der Waals surface area contributed by atoms with Crippen molar-refractivity contribution in [3.8, 4) is 44.5 Å². The molecule has 0 atom stereocenters. The zero-order chi connectivity index (χ0) is 54.0. The molecule has 15 rings (SSSR count). The quantitative estimate of drug-likeness (QED) is 0.127. The minimum absolute atomic E-state index is 0.331. The van der Waals surface area contributed by atoms with Crippen LogP contribution in [0.1, 0.15) is 0 Å². The number of fused-ring (bicyclic) bond motifs is 10. The molecule has 15 aromatic rings. The van der Waals surface area contributed by atoms with E-state index < -0.39 is 0 Å². The molecule has 0 saturated heterocycles. The van der Waals surface area contributed by atoms with Crippen molar-refractivity contribution in [3.05, 3.63) is 303 Å². The summed E-state index contributed by atoms with van der Waals surface area (Å²) >= 11 is 0. The van der Waals surface area contributed by atoms with Crippen LogP contribution >= 0.6 is 0 Å². The normalized spacial score (nSPS) is 11.6. The fourth-order valence-electron chi connectivity index (χ4n) is 12.1. The summed E-state index contributed by atoms with van der Waals surface area (Å²) in [6.07, 6.45) is 0. The molecule has 3 nitrogen and oxygen atoms in total. The van der Waals surface area contributed by atoms with Gasteiger partial charge in [-0.05, 0) is 127 Å². The van der Waals surface area contributed by atoms with E-state index in [2.05, 4.69) is 138 Å². The third-order valence-electron chi connectivity index (χ3n) is 15.9. The number of rotatable bonds is 10. The smallest absolute Gasteiger partial charge is 0.155 e. The first-order chi connectivity index (χ1) is 40.0. The molecule has 0 aliphatic rings. The molecule has 0 spiro atoms. The van der Waals surface area contributed by atoms with Gasteiger partial charge in [-0.2, -0.15) is 0 Å². The van der Waals surface area contributed by atoms with Crippen LogP contribution in [0.3, 0.4) is 0 Å². The minimum Gasteiger partial charge on any atom is -0.455 e. The molecular weight excluding hydrogens is 995 g/mol. The molecule has 1 aromatic heterocycles. The van der Waals surface area contributed by atoms with E-state index in [0.717, 1.165) is 116 Å². The monoisotopic (exact) mass is 1040 g/mol. The van der Waals surface area contributed by atoms with Crippen LogP contribution < -0.4 is 9.80 Å². The van der Waals surface area contributed by atoms with E-state index in [-0.39, 0.29) is 11.6 Å². The van der Waals surface area contributed by atoms with Gasteiger partial charge in [0.25, 0.3) is 0 Å². The summed E-state index contributed by atoms with van der Waals surface area (Å²) in [5.41, 5.74) is 11.7. The number of benzene rings is 14. The summed E-state index contributed by atoms with van der Waals surface area (Å²) < 4.78 is 43.3. The van der Waals surface area contributed by atoms with Gasteiger partial charge in [0.15, 0.2) is 11.6 Å². The molecule has 0 saturated carbocycles. The maximum Gasteiger partial charge on any atom is 0.155 e. The summed E-state index contributed by atoms with van der Waals surface area (Å²) in [5, 5.41) is 9.86. The molecule has 0 amide bonds. The zero-order valence-corrected chi connectivity index (χ0v) is 43.8. The predicted molar refractivity (Wildman–Crippen MR) is 335 cm³/mol. The van der Waals surface area contributed by atoms with Crippen LogP contribution in [0.15, 0.2) is 296 Å². The predicted octanol–water partition coefficient (Wildman–Crippen LogP) is 22.1. The molecule has 0 aliphatic carbocycles. The Morgan fingerprint density at radius 1 is 0.259 bits per heavy atom. The fourth-order valence-corrected chi connectivity index (χ4v) is 12.1. The molecular formula is C76H48F2N2O. The van der Waals surface area contributed by atoms with E-state index in [1.165, 1.54) is 0 Å². The molecule has 0 N–H and O–H groups in total. The van der Waals surface area contributed by atoms with Gasteiger partial charge in [0, 0.05) is 49.8 Å². The lowest BCUT2D eigenvalue weighted by molar-refractivity contribution is 0.632. The summed E-state index contributed by atoms with van der Waals surface area (Å²) in [4.78, 5) is 4.12. The number of hydrogen-bond donors (Lipinski definition) is 0. The van der Waals surface area contributed by atoms with Gasteiger partial charge in [-0.3, -0.25) is 0 Å². The molecule has 0 bridgehead atoms. The van der Waals surface area contributed by atoms with Gasteiger partial charge < -0.3 is 14.2 Å². The first-order valence-electron chi connectivity index (χ1n) is 27.3. The van der Waals surface area contributed by atoms with E-state index >= 15 is 8.78 Å². The van der Waals surface area contributed by atoms with Gasteiger partial charge in [-0.1, -0.05) is 218 Å². The Hall–Kier alpha value is -10.6. The largest absolute Gasteiger partial charge is 0.455 e. The van der Waals surface area contributed by atoms with Gasteiger partial charge in [0.2, 0.25) is 0 Å². The summed E-state index contributed by atoms with van der Waals surface area (Å²) in [7, 11) is 0. The molecule has 0 fully saturated rings. The molecule has 81 heavy (non-hydrogen) atoms. The minimum atomic E-state index is -0.341. The van der Waals surface area contributed by atoms with E-state index in [9.17, 15) is 0 Å². The zero-order valence-electron chi connectivity index (χ0n) is 43.8. The lowest BCUT2D eigenvalue weighted by Gasteiger charge is -2.29. The van der Waals surface area contributed by atoms with Gasteiger partial charge in [0.05, 0.1) is 28.4 Å². The number of halogens is 2. The van der Waals surface area contributed by atoms with Crippen molar-refractivity contribution < 1.29 is 13.2 Å². The third kappa shape index (κ3) is 8.17. The lowest BCUT2D eigenvalue weighted by atomic mass is 9.94. The second-order valence-corrected chi connectivity index (χ2v) is 20.6. The van der Waals surface area contributed by atoms with Crippen LogP contribution in [-0.4, -0.2) is 0 Å². The Labute approximate surface area is 467 Å². The maximum absolute atomic E-state index is 18.1. The maximum atomic E-state index is 18.1. The third-order valence-corrected chi connectivity index (χ3v) is 15.9. The van der Waals surface area contributed by atoms with Crippen LogP contribution in [0.25, 0.3) is 110 Å². The standard InChI is InChI=1S/C76H48F2N2O/c77-74-65(53-25-9-3-10-26-53)43-55(49-21-5-1-6-22-49)45-70(74)79(68-37-19-31-51-29-13-15-33-59(51)68)57-39-41-63-67(47-57)61-35-17-18-36-62(61)73-64-42-40-58(48-72(64)81-76(63)73)80(69-38-20-32-52-30-14-16-34-60(52)69)71-46-56(50-23-7-2-8-24-50)44-66(75(71)78)54-27-11-4-12-28-54/h1-48H. The first-order valence-corrected chi connectivity index (χ1v) is 27.3. The van der Waals surface area contributed by atoms with Gasteiger partial charge in [0.1, 0.15) is 11.2 Å². The second kappa shape index (κ2) is 19.7. The highest BCUT2D eigenvalue weighted by atomic mass is 19.1. The first kappa shape index (κ1) is 47.6. The van der Waals surface area contributed by atoms with Crippen molar-refractivity contribution in [3.63, 3.8) is 0 Å². The highest BCUT2D eigenvalue weighted by Gasteiger charge is 2.27. The van der Waals surface area contributed by atoms with Crippen molar-refractivity contribution in [1.82, 2.24) is 0 Å². The molecule has 14 aromatic carbocycles. The van der Waals surface area contributed by atoms with Crippen molar-refractivity contribution in [2.45, 2.75) is 0 Å². The van der Waals surface area contributed by atoms with Crippen LogP contribution in [0.2, 0.25) is 0 Å². The average Bonchev–Trinajstić information content (AvgIpc) is 4.16. The highest BCUT2D eigenvalue weighted by molar-refractivity contribution is 6.31. The molecule has 0 unspecified atom stereocenters. The van der Waals surface area contributed by atoms with Crippen molar-refractivity contribution in [2.75, 3.05) is 9.80 Å². The van der Waals surface area contributed by atoms with E-state index in [0.29, 0.717) is 28.1 Å². The molecule has 1 heterocycles. The lowest BCUT2D eigenvalue weighted by Crippen LogP contribution is -2.13. The second-order valence-electron chi connectivity index (χ2n) is 20.6. The average molecular weight is 1040 g/mol. The van der Waals surface area contributed by atoms with Gasteiger partial charge >= 0.3 is 0 Å². The summed E-state index contributed by atoms with van der Waals surface area (Å²) in [6.45, 7) is 0. The fraction of sp³-hybridized carbons (Fsp3) is 0. The summed E-state index contributed by atoms with van der Waals surface area (Å²) in [6, 6.07) is 97.8. The Bertz CT molecular complexity index is 4890.